The van der Waals surface area contributed by atoms with E-state index in [2.05, 4.69) is 10.0 Å². The fourth-order valence-electron chi connectivity index (χ4n) is 2.08. The van der Waals surface area contributed by atoms with Crippen LogP contribution in [0.5, 0.6) is 0 Å². The third kappa shape index (κ3) is 3.23. The zero-order valence-corrected chi connectivity index (χ0v) is 12.5. The number of halogens is 1. The summed E-state index contributed by atoms with van der Waals surface area (Å²) < 4.78 is 26.9. The summed E-state index contributed by atoms with van der Waals surface area (Å²) >= 11 is 5.85. The maximum atomic E-state index is 12.2. The van der Waals surface area contributed by atoms with Crippen LogP contribution in [-0.2, 0) is 14.8 Å². The highest BCUT2D eigenvalue weighted by Gasteiger charge is 2.24. The molecule has 1 aromatic carbocycles. The Bertz CT molecular complexity index is 646. The standard InChI is InChI=1S/C12H16ClN3O3S/c1-7-4-9(13)10(14)5-11(7)20(18,19)15-6-8-2-3-12(17)16-8/h4-5,8,15H,2-3,6,14H2,1H3,(H,16,17). The Kier molecular flexibility index (Phi) is 4.22. The van der Waals surface area contributed by atoms with Crippen molar-refractivity contribution in [1.82, 2.24) is 10.0 Å². The van der Waals surface area contributed by atoms with E-state index in [0.29, 0.717) is 23.4 Å². The SMILES string of the molecule is Cc1cc(Cl)c(N)cc1S(=O)(=O)NCC1CCC(=O)N1. The number of carbonyl (C=O) groups excluding carboxylic acids is 1. The van der Waals surface area contributed by atoms with Crippen LogP contribution in [0, 0.1) is 6.92 Å². The summed E-state index contributed by atoms with van der Waals surface area (Å²) in [6, 6.07) is 2.69. The van der Waals surface area contributed by atoms with E-state index in [1.807, 2.05) is 0 Å². The van der Waals surface area contributed by atoms with Crippen molar-refractivity contribution in [2.24, 2.45) is 0 Å². The Labute approximate surface area is 122 Å². The Morgan fingerprint density at radius 3 is 2.80 bits per heavy atom. The number of hydrogen-bond acceptors (Lipinski definition) is 4. The van der Waals surface area contributed by atoms with Crippen molar-refractivity contribution in [3.63, 3.8) is 0 Å². The Hall–Kier alpha value is -1.31. The number of carbonyl (C=O) groups is 1. The van der Waals surface area contributed by atoms with Crippen molar-refractivity contribution < 1.29 is 13.2 Å². The number of hydrogen-bond donors (Lipinski definition) is 3. The van der Waals surface area contributed by atoms with Gasteiger partial charge in [0.1, 0.15) is 0 Å². The molecule has 1 atom stereocenters. The molecule has 0 aromatic heterocycles. The third-order valence-corrected chi connectivity index (χ3v) is 5.08. The van der Waals surface area contributed by atoms with Gasteiger partial charge in [-0.2, -0.15) is 0 Å². The zero-order valence-electron chi connectivity index (χ0n) is 10.9. The van der Waals surface area contributed by atoms with Crippen LogP contribution >= 0.6 is 11.6 Å². The molecule has 0 bridgehead atoms. The smallest absolute Gasteiger partial charge is 0.240 e. The Morgan fingerprint density at radius 1 is 1.50 bits per heavy atom. The van der Waals surface area contributed by atoms with Gasteiger partial charge in [-0.05, 0) is 31.0 Å². The molecule has 1 aliphatic heterocycles. The number of rotatable bonds is 4. The molecule has 1 amide bonds. The molecule has 4 N–H and O–H groups in total. The van der Waals surface area contributed by atoms with Crippen molar-refractivity contribution in [1.29, 1.82) is 0 Å². The number of nitrogen functional groups attached to an aromatic ring is 1. The van der Waals surface area contributed by atoms with E-state index in [1.165, 1.54) is 12.1 Å². The largest absolute Gasteiger partial charge is 0.397 e. The van der Waals surface area contributed by atoms with Crippen molar-refractivity contribution in [3.8, 4) is 0 Å². The lowest BCUT2D eigenvalue weighted by Gasteiger charge is -2.14. The number of amides is 1. The molecule has 0 saturated carbocycles. The molecule has 1 unspecified atom stereocenters. The Balaban J connectivity index is 2.14. The highest BCUT2D eigenvalue weighted by atomic mass is 35.5. The van der Waals surface area contributed by atoms with Crippen molar-refractivity contribution in [3.05, 3.63) is 22.7 Å². The number of anilines is 1. The minimum atomic E-state index is -3.68. The van der Waals surface area contributed by atoms with Gasteiger partial charge in [-0.1, -0.05) is 11.6 Å². The molecule has 110 valence electrons. The van der Waals surface area contributed by atoms with Gasteiger partial charge in [0.2, 0.25) is 15.9 Å². The van der Waals surface area contributed by atoms with E-state index in [0.717, 1.165) is 0 Å². The van der Waals surface area contributed by atoms with Crippen molar-refractivity contribution >= 4 is 33.2 Å². The summed E-state index contributed by atoms with van der Waals surface area (Å²) in [5.41, 5.74) is 6.38. The van der Waals surface area contributed by atoms with Crippen LogP contribution < -0.4 is 15.8 Å². The van der Waals surface area contributed by atoms with Crippen LogP contribution in [-0.4, -0.2) is 26.9 Å². The van der Waals surface area contributed by atoms with Gasteiger partial charge in [-0.15, -0.1) is 0 Å². The van der Waals surface area contributed by atoms with Gasteiger partial charge in [0.05, 0.1) is 15.6 Å². The number of sulfonamides is 1. The average molecular weight is 318 g/mol. The maximum Gasteiger partial charge on any atom is 0.240 e. The van der Waals surface area contributed by atoms with Crippen molar-refractivity contribution in [2.75, 3.05) is 12.3 Å². The fourth-order valence-corrected chi connectivity index (χ4v) is 3.64. The van der Waals surface area contributed by atoms with Crippen LogP contribution in [0.15, 0.2) is 17.0 Å². The second-order valence-electron chi connectivity index (χ2n) is 4.79. The van der Waals surface area contributed by atoms with Gasteiger partial charge in [0, 0.05) is 19.0 Å². The summed E-state index contributed by atoms with van der Waals surface area (Å²) in [7, 11) is -3.68. The minimum absolute atomic E-state index is 0.0545. The van der Waals surface area contributed by atoms with Crippen molar-refractivity contribution in [2.45, 2.75) is 30.7 Å². The molecule has 20 heavy (non-hydrogen) atoms. The monoisotopic (exact) mass is 317 g/mol. The van der Waals surface area contributed by atoms with Crippen LogP contribution in [0.4, 0.5) is 5.69 Å². The molecule has 1 aromatic rings. The quantitative estimate of drug-likeness (QED) is 0.714. The average Bonchev–Trinajstić information content (AvgIpc) is 2.77. The third-order valence-electron chi connectivity index (χ3n) is 3.19. The second-order valence-corrected chi connectivity index (χ2v) is 6.94. The molecule has 0 aliphatic carbocycles. The van der Waals surface area contributed by atoms with E-state index >= 15 is 0 Å². The second kappa shape index (κ2) is 5.59. The summed E-state index contributed by atoms with van der Waals surface area (Å²) in [5, 5.41) is 3.02. The van der Waals surface area contributed by atoms with Crippen LogP contribution in [0.25, 0.3) is 0 Å². The summed E-state index contributed by atoms with van der Waals surface area (Å²) in [6.07, 6.45) is 1.06. The molecule has 8 heteroatoms. The lowest BCUT2D eigenvalue weighted by Crippen LogP contribution is -2.38. The zero-order chi connectivity index (χ0) is 14.9. The molecule has 0 radical (unpaired) electrons. The number of aryl methyl sites for hydroxylation is 1. The molecule has 2 rings (SSSR count). The highest BCUT2D eigenvalue weighted by molar-refractivity contribution is 7.89. The first-order chi connectivity index (χ1) is 9.29. The van der Waals surface area contributed by atoms with Gasteiger partial charge < -0.3 is 11.1 Å². The van der Waals surface area contributed by atoms with Crippen LogP contribution in [0.3, 0.4) is 0 Å². The Morgan fingerprint density at radius 2 is 2.20 bits per heavy atom. The first kappa shape index (κ1) is 15.1. The van der Waals surface area contributed by atoms with Crippen LogP contribution in [0.2, 0.25) is 5.02 Å². The van der Waals surface area contributed by atoms with Gasteiger partial charge in [0.15, 0.2) is 0 Å². The first-order valence-corrected chi connectivity index (χ1v) is 8.00. The topological polar surface area (TPSA) is 101 Å². The molecule has 6 nitrogen and oxygen atoms in total. The normalized spacial score (nSPS) is 19.1. The molecule has 1 aliphatic rings. The summed E-state index contributed by atoms with van der Waals surface area (Å²) in [6.45, 7) is 1.81. The molecular weight excluding hydrogens is 302 g/mol. The molecule has 1 heterocycles. The first-order valence-electron chi connectivity index (χ1n) is 6.14. The summed E-state index contributed by atoms with van der Waals surface area (Å²) in [4.78, 5) is 11.2. The van der Waals surface area contributed by atoms with Gasteiger partial charge in [-0.3, -0.25) is 4.79 Å². The van der Waals surface area contributed by atoms with Gasteiger partial charge in [-0.25, -0.2) is 13.1 Å². The minimum Gasteiger partial charge on any atom is -0.397 e. The number of nitrogens with two attached hydrogens (primary N) is 1. The number of nitrogens with one attached hydrogen (secondary N) is 2. The fraction of sp³-hybridized carbons (Fsp3) is 0.417. The number of benzene rings is 1. The van der Waals surface area contributed by atoms with E-state index in [-0.39, 0.29) is 29.1 Å². The van der Waals surface area contributed by atoms with E-state index < -0.39 is 10.0 Å². The predicted octanol–water partition coefficient (Wildman–Crippen LogP) is 0.788. The van der Waals surface area contributed by atoms with E-state index in [1.54, 1.807) is 6.92 Å². The predicted molar refractivity (Wildman–Crippen MR) is 77.0 cm³/mol. The molecule has 0 spiro atoms. The summed E-state index contributed by atoms with van der Waals surface area (Å²) in [5.74, 6) is -0.0545. The lowest BCUT2D eigenvalue weighted by atomic mass is 10.2. The van der Waals surface area contributed by atoms with E-state index in [9.17, 15) is 13.2 Å². The highest BCUT2D eigenvalue weighted by Crippen LogP contribution is 2.26. The molecule has 1 fully saturated rings. The maximum absolute atomic E-state index is 12.2. The van der Waals surface area contributed by atoms with Gasteiger partial charge in [0.25, 0.3) is 0 Å². The van der Waals surface area contributed by atoms with E-state index in [4.69, 9.17) is 17.3 Å². The molecule has 1 saturated heterocycles. The van der Waals surface area contributed by atoms with Gasteiger partial charge >= 0.3 is 0 Å². The lowest BCUT2D eigenvalue weighted by molar-refractivity contribution is -0.119. The molecular formula is C12H16ClN3O3S. The van der Waals surface area contributed by atoms with Crippen LogP contribution in [0.1, 0.15) is 18.4 Å².